The van der Waals surface area contributed by atoms with E-state index in [0.717, 1.165) is 6.07 Å². The molecule has 3 heterocycles. The molecule has 0 bridgehead atoms. The van der Waals surface area contributed by atoms with E-state index < -0.39 is 23.6 Å². The molecular formula is C27H25F4N7O2. The van der Waals surface area contributed by atoms with Gasteiger partial charge in [0.15, 0.2) is 0 Å². The van der Waals surface area contributed by atoms with Gasteiger partial charge in [0.05, 0.1) is 54.3 Å². The summed E-state index contributed by atoms with van der Waals surface area (Å²) in [6, 6.07) is 11.4. The summed E-state index contributed by atoms with van der Waals surface area (Å²) >= 11 is 0. The minimum Gasteiger partial charge on any atom is -0.378 e. The number of halogens is 4. The lowest BCUT2D eigenvalue weighted by Gasteiger charge is -2.22. The summed E-state index contributed by atoms with van der Waals surface area (Å²) < 4.78 is 63.1. The molecule has 3 N–H and O–H groups in total. The van der Waals surface area contributed by atoms with Crippen molar-refractivity contribution in [3.05, 3.63) is 78.1 Å². The van der Waals surface area contributed by atoms with Gasteiger partial charge in [-0.25, -0.2) is 14.4 Å². The highest BCUT2D eigenvalue weighted by Crippen LogP contribution is 2.40. The van der Waals surface area contributed by atoms with Crippen LogP contribution in [-0.2, 0) is 29.3 Å². The van der Waals surface area contributed by atoms with Crippen LogP contribution in [0.2, 0.25) is 0 Å². The number of morpholine rings is 1. The summed E-state index contributed by atoms with van der Waals surface area (Å²) in [5.74, 6) is -1.08. The zero-order chi connectivity index (χ0) is 28.3. The van der Waals surface area contributed by atoms with Gasteiger partial charge in [-0.1, -0.05) is 30.3 Å². The third kappa shape index (κ3) is 6.10. The molecule has 5 rings (SSSR count). The Morgan fingerprint density at radius 1 is 1.18 bits per heavy atom. The van der Waals surface area contributed by atoms with Gasteiger partial charge in [0.1, 0.15) is 17.7 Å². The van der Waals surface area contributed by atoms with E-state index in [-0.39, 0.29) is 47.5 Å². The minimum atomic E-state index is -4.80. The first-order chi connectivity index (χ1) is 19.2. The summed E-state index contributed by atoms with van der Waals surface area (Å²) in [6.45, 7) is 1.37. The molecule has 208 valence electrons. The van der Waals surface area contributed by atoms with E-state index in [9.17, 15) is 18.0 Å². The summed E-state index contributed by atoms with van der Waals surface area (Å²) in [7, 11) is 1.58. The van der Waals surface area contributed by atoms with Crippen LogP contribution in [0.1, 0.15) is 11.4 Å². The largest absolute Gasteiger partial charge is 0.417 e. The van der Waals surface area contributed by atoms with Crippen LogP contribution in [0.4, 0.5) is 28.9 Å². The van der Waals surface area contributed by atoms with Crippen molar-refractivity contribution < 1.29 is 27.1 Å². The van der Waals surface area contributed by atoms with Crippen molar-refractivity contribution in [2.24, 2.45) is 7.05 Å². The summed E-state index contributed by atoms with van der Waals surface area (Å²) in [6.07, 6.45) is -1.89. The maximum absolute atomic E-state index is 15.1. The number of ether oxygens (including phenoxy) is 1. The Morgan fingerprint density at radius 3 is 2.65 bits per heavy atom. The second-order valence-electron chi connectivity index (χ2n) is 9.09. The predicted molar refractivity (Wildman–Crippen MR) is 139 cm³/mol. The molecule has 9 nitrogen and oxygen atoms in total. The molecule has 2 aromatic heterocycles. The van der Waals surface area contributed by atoms with E-state index in [2.05, 4.69) is 31.0 Å². The zero-order valence-corrected chi connectivity index (χ0v) is 21.3. The molecule has 1 atom stereocenters. The Bertz CT molecular complexity index is 1500. The average molecular weight is 556 g/mol. The Hall–Kier alpha value is -4.36. The van der Waals surface area contributed by atoms with E-state index in [1.54, 1.807) is 31.3 Å². The Morgan fingerprint density at radius 2 is 1.98 bits per heavy atom. The van der Waals surface area contributed by atoms with E-state index in [1.165, 1.54) is 23.1 Å². The van der Waals surface area contributed by atoms with Gasteiger partial charge in [0.2, 0.25) is 5.91 Å². The van der Waals surface area contributed by atoms with Gasteiger partial charge >= 0.3 is 6.18 Å². The van der Waals surface area contributed by atoms with Crippen LogP contribution in [0.25, 0.3) is 22.5 Å². The van der Waals surface area contributed by atoms with E-state index >= 15 is 4.39 Å². The van der Waals surface area contributed by atoms with Crippen molar-refractivity contribution in [3.8, 4) is 22.5 Å². The first-order valence-corrected chi connectivity index (χ1v) is 12.4. The normalized spacial score (nSPS) is 15.6. The van der Waals surface area contributed by atoms with Gasteiger partial charge < -0.3 is 20.7 Å². The number of carbonyl (C=O) groups is 1. The molecule has 13 heteroatoms. The van der Waals surface area contributed by atoms with Crippen molar-refractivity contribution in [2.45, 2.75) is 18.8 Å². The smallest absolute Gasteiger partial charge is 0.378 e. The minimum absolute atomic E-state index is 0.0234. The number of carbonyl (C=O) groups excluding carboxylic acids is 1. The monoisotopic (exact) mass is 555 g/mol. The van der Waals surface area contributed by atoms with E-state index in [0.29, 0.717) is 30.5 Å². The third-order valence-electron chi connectivity index (χ3n) is 6.22. The first kappa shape index (κ1) is 27.2. The fourth-order valence-electron chi connectivity index (χ4n) is 4.25. The Balaban J connectivity index is 1.47. The van der Waals surface area contributed by atoms with Gasteiger partial charge in [-0.3, -0.25) is 9.48 Å². The fraction of sp³-hybridized carbons (Fsp3) is 0.259. The van der Waals surface area contributed by atoms with Crippen LogP contribution >= 0.6 is 0 Å². The predicted octanol–water partition coefficient (Wildman–Crippen LogP) is 4.05. The quantitative estimate of drug-likeness (QED) is 0.296. The molecular weight excluding hydrogens is 530 g/mol. The maximum atomic E-state index is 15.1. The number of benzene rings is 2. The molecule has 1 aliphatic heterocycles. The number of amides is 1. The van der Waals surface area contributed by atoms with Crippen LogP contribution in [0, 0.1) is 5.82 Å². The van der Waals surface area contributed by atoms with Gasteiger partial charge in [-0.05, 0) is 18.2 Å². The second kappa shape index (κ2) is 11.4. The van der Waals surface area contributed by atoms with Crippen molar-refractivity contribution in [1.82, 2.24) is 30.4 Å². The number of nitrogens with zero attached hydrogens (tertiary/aromatic N) is 4. The Kier molecular flexibility index (Phi) is 7.76. The number of rotatable bonds is 7. The topological polar surface area (TPSA) is 106 Å². The van der Waals surface area contributed by atoms with Crippen LogP contribution in [0.15, 0.2) is 60.9 Å². The molecule has 0 unspecified atom stereocenters. The summed E-state index contributed by atoms with van der Waals surface area (Å²) in [4.78, 5) is 21.3. The average Bonchev–Trinajstić information content (AvgIpc) is 3.39. The lowest BCUT2D eigenvalue weighted by atomic mass is 10.0. The van der Waals surface area contributed by atoms with Crippen LogP contribution in [0.3, 0.4) is 0 Å². The molecule has 0 spiro atoms. The molecule has 1 amide bonds. The standard InChI is InChI=1S/C27H25F4N7O2/c1-38-9-7-20(37-38)17-11-21(19(28)12-18(17)27(29,30)31)35-22-13-33-24(36-25(22)16-5-3-2-4-6-16)14-34-26(39)23-15-40-10-8-32-23/h2-7,9,11-13,23,32,35H,8,10,14-15H2,1H3,(H,34,39)/t23-/m0/s1. The highest BCUT2D eigenvalue weighted by Gasteiger charge is 2.35. The zero-order valence-electron chi connectivity index (χ0n) is 21.3. The first-order valence-electron chi connectivity index (χ1n) is 12.4. The van der Waals surface area contributed by atoms with E-state index in [1.807, 2.05) is 6.07 Å². The summed E-state index contributed by atoms with van der Waals surface area (Å²) in [5, 5.41) is 12.8. The molecule has 4 aromatic rings. The fourth-order valence-corrected chi connectivity index (χ4v) is 4.25. The SMILES string of the molecule is Cn1ccc(-c2cc(Nc3cnc(CNC(=O)[C@@H]4COCCN4)nc3-c3ccccc3)c(F)cc2C(F)(F)F)n1. The van der Waals surface area contributed by atoms with Crippen molar-refractivity contribution in [3.63, 3.8) is 0 Å². The maximum Gasteiger partial charge on any atom is 0.417 e. The van der Waals surface area contributed by atoms with Crippen LogP contribution in [-0.4, -0.2) is 51.5 Å². The van der Waals surface area contributed by atoms with Crippen LogP contribution < -0.4 is 16.0 Å². The molecule has 1 fully saturated rings. The molecule has 0 saturated carbocycles. The molecule has 1 saturated heterocycles. The molecule has 0 aliphatic carbocycles. The second-order valence-corrected chi connectivity index (χ2v) is 9.09. The summed E-state index contributed by atoms with van der Waals surface area (Å²) in [5.41, 5.74) is -0.303. The van der Waals surface area contributed by atoms with E-state index in [4.69, 9.17) is 4.74 Å². The molecule has 40 heavy (non-hydrogen) atoms. The number of aryl methyl sites for hydroxylation is 1. The third-order valence-corrected chi connectivity index (χ3v) is 6.22. The van der Waals surface area contributed by atoms with Crippen molar-refractivity contribution in [2.75, 3.05) is 25.1 Å². The number of nitrogens with one attached hydrogen (secondary N) is 3. The highest BCUT2D eigenvalue weighted by molar-refractivity contribution is 5.82. The number of hydrogen-bond acceptors (Lipinski definition) is 7. The molecule has 2 aromatic carbocycles. The van der Waals surface area contributed by atoms with Crippen LogP contribution in [0.5, 0.6) is 0 Å². The number of hydrogen-bond donors (Lipinski definition) is 3. The number of aromatic nitrogens is 4. The number of anilines is 2. The van der Waals surface area contributed by atoms with Gasteiger partial charge in [0, 0.05) is 30.9 Å². The van der Waals surface area contributed by atoms with Gasteiger partial charge in [-0.15, -0.1) is 0 Å². The molecule has 0 radical (unpaired) electrons. The van der Waals surface area contributed by atoms with Crippen molar-refractivity contribution >= 4 is 17.3 Å². The highest BCUT2D eigenvalue weighted by atomic mass is 19.4. The van der Waals surface area contributed by atoms with Crippen molar-refractivity contribution in [1.29, 1.82) is 0 Å². The Labute approximate surface area is 226 Å². The van der Waals surface area contributed by atoms with Gasteiger partial charge in [0.25, 0.3) is 0 Å². The number of alkyl halides is 3. The molecule has 1 aliphatic rings. The lowest BCUT2D eigenvalue weighted by Crippen LogP contribution is -2.51. The van der Waals surface area contributed by atoms with Gasteiger partial charge in [-0.2, -0.15) is 18.3 Å². The lowest BCUT2D eigenvalue weighted by molar-refractivity contribution is -0.137.